The minimum absolute atomic E-state index is 0.223. The molecular weight excluding hydrogens is 308 g/mol. The van der Waals surface area contributed by atoms with E-state index in [0.717, 1.165) is 11.3 Å². The van der Waals surface area contributed by atoms with Gasteiger partial charge >= 0.3 is 0 Å². The van der Waals surface area contributed by atoms with Crippen LogP contribution in [0.25, 0.3) is 0 Å². The summed E-state index contributed by atoms with van der Waals surface area (Å²) in [4.78, 5) is 18.6. The lowest BCUT2D eigenvalue weighted by atomic mass is 10.1. The van der Waals surface area contributed by atoms with Gasteiger partial charge in [-0.1, -0.05) is 5.16 Å². The van der Waals surface area contributed by atoms with E-state index in [1.54, 1.807) is 36.3 Å². The summed E-state index contributed by atoms with van der Waals surface area (Å²) in [6.45, 7) is 0. The number of carbonyl (C=O) groups excluding carboxylic acids is 1. The van der Waals surface area contributed by atoms with Crippen LogP contribution in [0.3, 0.4) is 0 Å². The van der Waals surface area contributed by atoms with E-state index in [4.69, 9.17) is 4.52 Å². The first-order chi connectivity index (χ1) is 11.5. The Morgan fingerprint density at radius 2 is 2.04 bits per heavy atom. The Labute approximate surface area is 139 Å². The molecule has 1 unspecified atom stereocenters. The predicted octanol–water partition coefficient (Wildman–Crippen LogP) is 1.39. The molecule has 124 valence electrons. The lowest BCUT2D eigenvalue weighted by Gasteiger charge is -2.15. The normalized spacial score (nSPS) is 12.0. The number of aromatic nitrogens is 4. The summed E-state index contributed by atoms with van der Waals surface area (Å²) < 4.78 is 6.46. The Kier molecular flexibility index (Phi) is 4.28. The first-order valence-electron chi connectivity index (χ1n) is 7.37. The number of anilines is 1. The molecule has 0 aliphatic heterocycles. The van der Waals surface area contributed by atoms with Crippen molar-refractivity contribution in [1.29, 1.82) is 0 Å². The number of amides is 1. The summed E-state index contributed by atoms with van der Waals surface area (Å²) in [5, 5.41) is 10.9. The summed E-state index contributed by atoms with van der Waals surface area (Å²) >= 11 is 0. The van der Waals surface area contributed by atoms with Crippen LogP contribution >= 0.6 is 0 Å². The molecule has 0 radical (unpaired) electrons. The zero-order chi connectivity index (χ0) is 17.1. The van der Waals surface area contributed by atoms with Gasteiger partial charge in [0.2, 0.25) is 6.39 Å². The van der Waals surface area contributed by atoms with Gasteiger partial charge < -0.3 is 14.7 Å². The summed E-state index contributed by atoms with van der Waals surface area (Å²) in [6.07, 6.45) is 4.70. The minimum Gasteiger partial charge on any atom is -0.378 e. The molecule has 0 bridgehead atoms. The molecule has 0 aliphatic carbocycles. The summed E-state index contributed by atoms with van der Waals surface area (Å²) in [5.41, 5.74) is 2.35. The predicted molar refractivity (Wildman–Crippen MR) is 87.6 cm³/mol. The Morgan fingerprint density at radius 1 is 1.29 bits per heavy atom. The fraction of sp³-hybridized carbons (Fsp3) is 0.250. The first kappa shape index (κ1) is 15.7. The van der Waals surface area contributed by atoms with Crippen molar-refractivity contribution in [2.24, 2.45) is 7.05 Å². The van der Waals surface area contributed by atoms with Crippen molar-refractivity contribution in [2.45, 2.75) is 6.04 Å². The van der Waals surface area contributed by atoms with Gasteiger partial charge in [-0.2, -0.15) is 10.1 Å². The van der Waals surface area contributed by atoms with E-state index >= 15 is 0 Å². The number of hydrogen-bond donors (Lipinski definition) is 1. The third kappa shape index (κ3) is 3.27. The van der Waals surface area contributed by atoms with Crippen molar-refractivity contribution >= 4 is 11.6 Å². The molecule has 0 fully saturated rings. The van der Waals surface area contributed by atoms with Crippen LogP contribution in [-0.4, -0.2) is 39.9 Å². The molecule has 2 heterocycles. The lowest BCUT2D eigenvalue weighted by molar-refractivity contribution is 0.0941. The maximum atomic E-state index is 12.6. The highest BCUT2D eigenvalue weighted by Gasteiger charge is 2.23. The maximum absolute atomic E-state index is 12.6. The van der Waals surface area contributed by atoms with E-state index in [1.165, 1.54) is 6.39 Å². The molecular formula is C16H18N6O2. The summed E-state index contributed by atoms with van der Waals surface area (Å²) in [6, 6.07) is 6.81. The van der Waals surface area contributed by atoms with Crippen molar-refractivity contribution in [3.8, 4) is 0 Å². The van der Waals surface area contributed by atoms with Crippen LogP contribution < -0.4 is 10.2 Å². The fourth-order valence-corrected chi connectivity index (χ4v) is 2.32. The number of hydrogen-bond acceptors (Lipinski definition) is 6. The number of rotatable bonds is 5. The van der Waals surface area contributed by atoms with Gasteiger partial charge in [-0.3, -0.25) is 9.48 Å². The average molecular weight is 326 g/mol. The van der Waals surface area contributed by atoms with Crippen LogP contribution in [0.1, 0.15) is 27.8 Å². The van der Waals surface area contributed by atoms with Crippen LogP contribution in [0.15, 0.2) is 47.6 Å². The highest BCUT2D eigenvalue weighted by Crippen LogP contribution is 2.19. The summed E-state index contributed by atoms with van der Waals surface area (Å²) in [7, 11) is 5.70. The second-order valence-corrected chi connectivity index (χ2v) is 5.58. The molecule has 1 atom stereocenters. The zero-order valence-electron chi connectivity index (χ0n) is 13.7. The van der Waals surface area contributed by atoms with Gasteiger partial charge in [0, 0.05) is 44.2 Å². The van der Waals surface area contributed by atoms with Crippen LogP contribution in [-0.2, 0) is 7.05 Å². The minimum atomic E-state index is -0.529. The monoisotopic (exact) mass is 326 g/mol. The fourth-order valence-electron chi connectivity index (χ4n) is 2.32. The lowest BCUT2D eigenvalue weighted by Crippen LogP contribution is -2.30. The highest BCUT2D eigenvalue weighted by atomic mass is 16.5. The van der Waals surface area contributed by atoms with E-state index in [-0.39, 0.29) is 5.91 Å². The molecule has 2 aromatic heterocycles. The molecule has 24 heavy (non-hydrogen) atoms. The van der Waals surface area contributed by atoms with Crippen molar-refractivity contribution in [1.82, 2.24) is 25.2 Å². The average Bonchev–Trinajstić information content (AvgIpc) is 3.24. The third-order valence-corrected chi connectivity index (χ3v) is 3.62. The number of benzene rings is 1. The second kappa shape index (κ2) is 6.53. The van der Waals surface area contributed by atoms with Crippen LogP contribution in [0, 0.1) is 0 Å². The highest BCUT2D eigenvalue weighted by molar-refractivity contribution is 5.95. The second-order valence-electron chi connectivity index (χ2n) is 5.58. The molecule has 1 amide bonds. The van der Waals surface area contributed by atoms with Gasteiger partial charge in [-0.25, -0.2) is 0 Å². The van der Waals surface area contributed by atoms with Crippen molar-refractivity contribution in [2.75, 3.05) is 19.0 Å². The number of aryl methyl sites for hydroxylation is 1. The van der Waals surface area contributed by atoms with Gasteiger partial charge in [0.05, 0.1) is 6.20 Å². The molecule has 1 N–H and O–H groups in total. The molecule has 8 heteroatoms. The molecule has 1 aromatic carbocycles. The molecule has 3 rings (SSSR count). The molecule has 0 saturated carbocycles. The number of carbonyl (C=O) groups is 1. The summed E-state index contributed by atoms with van der Waals surface area (Å²) in [5.74, 6) is 0.153. The third-order valence-electron chi connectivity index (χ3n) is 3.62. The van der Waals surface area contributed by atoms with E-state index in [1.807, 2.05) is 31.1 Å². The van der Waals surface area contributed by atoms with Crippen LogP contribution in [0.4, 0.5) is 5.69 Å². The Bertz CT molecular complexity index is 807. The molecule has 0 spiro atoms. The van der Waals surface area contributed by atoms with E-state index < -0.39 is 6.04 Å². The van der Waals surface area contributed by atoms with Gasteiger partial charge in [0.25, 0.3) is 5.91 Å². The van der Waals surface area contributed by atoms with Gasteiger partial charge in [0.15, 0.2) is 5.82 Å². The topological polar surface area (TPSA) is 89.1 Å². The number of nitrogens with zero attached hydrogens (tertiary/aromatic N) is 5. The van der Waals surface area contributed by atoms with Gasteiger partial charge in [-0.05, 0) is 24.3 Å². The molecule has 8 nitrogen and oxygen atoms in total. The van der Waals surface area contributed by atoms with Crippen molar-refractivity contribution in [3.63, 3.8) is 0 Å². The first-order valence-corrected chi connectivity index (χ1v) is 7.37. The SMILES string of the molecule is CN(C)c1ccc(C(=O)NC(c2cnn(C)c2)c2ncon2)cc1. The van der Waals surface area contributed by atoms with Gasteiger partial charge in [-0.15, -0.1) is 0 Å². The standard InChI is InChI=1S/C16H18N6O2/c1-21(2)13-6-4-11(5-7-13)16(23)19-14(15-17-10-24-20-15)12-8-18-22(3)9-12/h4-10,14H,1-3H3,(H,19,23). The molecule has 0 saturated heterocycles. The number of nitrogens with one attached hydrogen (secondary N) is 1. The Hall–Kier alpha value is -3.16. The largest absolute Gasteiger partial charge is 0.378 e. The zero-order valence-corrected chi connectivity index (χ0v) is 13.7. The van der Waals surface area contributed by atoms with Crippen molar-refractivity contribution < 1.29 is 9.32 Å². The van der Waals surface area contributed by atoms with Crippen LogP contribution in [0.5, 0.6) is 0 Å². The van der Waals surface area contributed by atoms with Crippen molar-refractivity contribution in [3.05, 3.63) is 60.0 Å². The maximum Gasteiger partial charge on any atom is 0.252 e. The smallest absolute Gasteiger partial charge is 0.252 e. The Morgan fingerprint density at radius 3 is 2.58 bits per heavy atom. The van der Waals surface area contributed by atoms with E-state index in [9.17, 15) is 4.79 Å². The molecule has 0 aliphatic rings. The van der Waals surface area contributed by atoms with E-state index in [2.05, 4.69) is 20.6 Å². The molecule has 3 aromatic rings. The van der Waals surface area contributed by atoms with Gasteiger partial charge in [0.1, 0.15) is 6.04 Å². The quantitative estimate of drug-likeness (QED) is 0.762. The van der Waals surface area contributed by atoms with E-state index in [0.29, 0.717) is 11.4 Å². The Balaban J connectivity index is 1.83. The van der Waals surface area contributed by atoms with Crippen LogP contribution in [0.2, 0.25) is 0 Å².